The van der Waals surface area contributed by atoms with Gasteiger partial charge in [0.15, 0.2) is 0 Å². The molecule has 0 aliphatic heterocycles. The Morgan fingerprint density at radius 1 is 0.944 bits per heavy atom. The highest BCUT2D eigenvalue weighted by Crippen LogP contribution is 2.21. The lowest BCUT2D eigenvalue weighted by Crippen LogP contribution is -2.52. The number of likely N-dealkylation sites (N-methyl/N-ethyl adjacent to an activating group) is 1. The summed E-state index contributed by atoms with van der Waals surface area (Å²) in [6, 6.07) is 22.4. The van der Waals surface area contributed by atoms with Crippen molar-refractivity contribution in [3.63, 3.8) is 0 Å². The number of carbonyl (C=O) groups is 2. The Hall–Kier alpha value is -3.36. The van der Waals surface area contributed by atoms with Crippen LogP contribution in [-0.2, 0) is 32.6 Å². The molecule has 36 heavy (non-hydrogen) atoms. The number of benzene rings is 3. The van der Waals surface area contributed by atoms with Crippen LogP contribution < -0.4 is 9.62 Å². The SMILES string of the molecule is CNC(=O)C(Cc1ccccc1)N(Cc1ccc(Cl)cc1)C(=O)CN(c1cccc(C)c1)S(C)(=O)=O. The highest BCUT2D eigenvalue weighted by molar-refractivity contribution is 7.92. The number of sulfonamides is 1. The zero-order valence-corrected chi connectivity index (χ0v) is 22.1. The predicted octanol–water partition coefficient (Wildman–Crippen LogP) is 3.80. The molecule has 0 saturated carbocycles. The van der Waals surface area contributed by atoms with Gasteiger partial charge in [0.25, 0.3) is 0 Å². The Kier molecular flexibility index (Phi) is 9.12. The molecule has 0 saturated heterocycles. The summed E-state index contributed by atoms with van der Waals surface area (Å²) in [5.74, 6) is -0.843. The Labute approximate surface area is 217 Å². The number of rotatable bonds is 10. The van der Waals surface area contributed by atoms with E-state index in [1.54, 1.807) is 42.5 Å². The van der Waals surface area contributed by atoms with Crippen molar-refractivity contribution in [1.82, 2.24) is 10.2 Å². The Bertz CT molecular complexity index is 1300. The van der Waals surface area contributed by atoms with Crippen molar-refractivity contribution < 1.29 is 18.0 Å². The van der Waals surface area contributed by atoms with Gasteiger partial charge in [-0.05, 0) is 47.9 Å². The fourth-order valence-electron chi connectivity index (χ4n) is 3.90. The lowest BCUT2D eigenvalue weighted by atomic mass is 10.0. The first-order valence-corrected chi connectivity index (χ1v) is 13.6. The number of aryl methyl sites for hydroxylation is 1. The van der Waals surface area contributed by atoms with Crippen LogP contribution in [0.4, 0.5) is 5.69 Å². The molecule has 190 valence electrons. The van der Waals surface area contributed by atoms with Gasteiger partial charge in [0.05, 0.1) is 11.9 Å². The molecule has 7 nitrogen and oxygen atoms in total. The van der Waals surface area contributed by atoms with Crippen LogP contribution in [0.5, 0.6) is 0 Å². The third-order valence-corrected chi connectivity index (χ3v) is 7.15. The van der Waals surface area contributed by atoms with Crippen molar-refractivity contribution in [2.24, 2.45) is 0 Å². The standard InChI is InChI=1S/C27H30ClN3O4S/c1-20-8-7-11-24(16-20)31(36(3,34)35)19-26(32)30(18-22-12-14-23(28)15-13-22)25(27(33)29-2)17-21-9-5-4-6-10-21/h4-16,25H,17-19H2,1-3H3,(H,29,33). The van der Waals surface area contributed by atoms with E-state index < -0.39 is 28.5 Å². The van der Waals surface area contributed by atoms with Crippen molar-refractivity contribution in [3.8, 4) is 0 Å². The van der Waals surface area contributed by atoms with Gasteiger partial charge in [0, 0.05) is 25.0 Å². The van der Waals surface area contributed by atoms with E-state index in [1.807, 2.05) is 43.3 Å². The Morgan fingerprint density at radius 2 is 1.61 bits per heavy atom. The number of hydrogen-bond acceptors (Lipinski definition) is 4. The average Bonchev–Trinajstić information content (AvgIpc) is 2.85. The maximum atomic E-state index is 13.8. The van der Waals surface area contributed by atoms with Gasteiger partial charge in [0.1, 0.15) is 12.6 Å². The molecule has 0 bridgehead atoms. The van der Waals surface area contributed by atoms with Gasteiger partial charge in [-0.15, -0.1) is 0 Å². The van der Waals surface area contributed by atoms with E-state index in [9.17, 15) is 18.0 Å². The van der Waals surface area contributed by atoms with Crippen molar-refractivity contribution >= 4 is 39.1 Å². The predicted molar refractivity (Wildman–Crippen MR) is 143 cm³/mol. The molecule has 3 aromatic rings. The minimum Gasteiger partial charge on any atom is -0.357 e. The molecule has 0 heterocycles. The molecule has 2 amide bonds. The van der Waals surface area contributed by atoms with Crippen LogP contribution in [0.3, 0.4) is 0 Å². The fraction of sp³-hybridized carbons (Fsp3) is 0.259. The van der Waals surface area contributed by atoms with Crippen LogP contribution in [0.15, 0.2) is 78.9 Å². The quantitative estimate of drug-likeness (QED) is 0.434. The van der Waals surface area contributed by atoms with Crippen LogP contribution in [-0.4, -0.2) is 51.0 Å². The van der Waals surface area contributed by atoms with E-state index in [2.05, 4.69) is 5.32 Å². The molecule has 0 spiro atoms. The molecule has 1 unspecified atom stereocenters. The number of halogens is 1. The second kappa shape index (κ2) is 12.1. The molecule has 1 atom stereocenters. The van der Waals surface area contributed by atoms with Gasteiger partial charge in [-0.25, -0.2) is 8.42 Å². The highest BCUT2D eigenvalue weighted by Gasteiger charge is 2.32. The molecule has 3 aromatic carbocycles. The zero-order valence-electron chi connectivity index (χ0n) is 20.5. The maximum absolute atomic E-state index is 13.8. The number of amides is 2. The van der Waals surface area contributed by atoms with Gasteiger partial charge < -0.3 is 10.2 Å². The van der Waals surface area contributed by atoms with Crippen molar-refractivity contribution in [1.29, 1.82) is 0 Å². The number of hydrogen-bond donors (Lipinski definition) is 1. The molecule has 0 aromatic heterocycles. The van der Waals surface area contributed by atoms with Gasteiger partial charge in [-0.3, -0.25) is 13.9 Å². The second-order valence-electron chi connectivity index (χ2n) is 8.58. The lowest BCUT2D eigenvalue weighted by molar-refractivity contribution is -0.139. The molecule has 9 heteroatoms. The first-order chi connectivity index (χ1) is 17.1. The third-order valence-electron chi connectivity index (χ3n) is 5.75. The maximum Gasteiger partial charge on any atom is 0.244 e. The van der Waals surface area contributed by atoms with Crippen LogP contribution in [0.25, 0.3) is 0 Å². The average molecular weight is 528 g/mol. The summed E-state index contributed by atoms with van der Waals surface area (Å²) in [4.78, 5) is 28.3. The second-order valence-corrected chi connectivity index (χ2v) is 10.9. The summed E-state index contributed by atoms with van der Waals surface area (Å²) in [6.45, 7) is 1.50. The summed E-state index contributed by atoms with van der Waals surface area (Å²) < 4.78 is 26.5. The van der Waals surface area contributed by atoms with E-state index in [1.165, 1.54) is 11.9 Å². The minimum absolute atomic E-state index is 0.104. The van der Waals surface area contributed by atoms with E-state index in [0.717, 1.165) is 27.3 Å². The fourth-order valence-corrected chi connectivity index (χ4v) is 4.87. The molecule has 3 rings (SSSR count). The minimum atomic E-state index is -3.78. The van der Waals surface area contributed by atoms with Crippen LogP contribution >= 0.6 is 11.6 Å². The van der Waals surface area contributed by atoms with E-state index in [-0.39, 0.29) is 18.9 Å². The zero-order chi connectivity index (χ0) is 26.3. The smallest absolute Gasteiger partial charge is 0.244 e. The van der Waals surface area contributed by atoms with Gasteiger partial charge >= 0.3 is 0 Å². The number of anilines is 1. The van der Waals surface area contributed by atoms with Crippen LogP contribution in [0.2, 0.25) is 5.02 Å². The highest BCUT2D eigenvalue weighted by atomic mass is 35.5. The number of nitrogens with one attached hydrogen (secondary N) is 1. The molecular formula is C27H30ClN3O4S. The summed E-state index contributed by atoms with van der Waals surface area (Å²) in [7, 11) is -2.27. The van der Waals surface area contributed by atoms with Gasteiger partial charge in [-0.1, -0.05) is 66.2 Å². The summed E-state index contributed by atoms with van der Waals surface area (Å²) in [5, 5.41) is 3.20. The first-order valence-electron chi connectivity index (χ1n) is 11.4. The monoisotopic (exact) mass is 527 g/mol. The molecule has 0 fully saturated rings. The van der Waals surface area contributed by atoms with Crippen molar-refractivity contribution in [2.75, 3.05) is 24.2 Å². The van der Waals surface area contributed by atoms with Crippen molar-refractivity contribution in [3.05, 3.63) is 101 Å². The lowest BCUT2D eigenvalue weighted by Gasteiger charge is -2.33. The third kappa shape index (κ3) is 7.32. The first kappa shape index (κ1) is 27.2. The van der Waals surface area contributed by atoms with Gasteiger partial charge in [-0.2, -0.15) is 0 Å². The summed E-state index contributed by atoms with van der Waals surface area (Å²) >= 11 is 6.04. The Morgan fingerprint density at radius 3 is 2.19 bits per heavy atom. The normalized spacial score (nSPS) is 12.0. The molecule has 0 radical (unpaired) electrons. The topological polar surface area (TPSA) is 86.8 Å². The van der Waals surface area contributed by atoms with E-state index in [0.29, 0.717) is 10.7 Å². The summed E-state index contributed by atoms with van der Waals surface area (Å²) in [6.07, 6.45) is 1.33. The van der Waals surface area contributed by atoms with Crippen LogP contribution in [0.1, 0.15) is 16.7 Å². The largest absolute Gasteiger partial charge is 0.357 e. The molecule has 0 aliphatic rings. The van der Waals surface area contributed by atoms with Crippen LogP contribution in [0, 0.1) is 6.92 Å². The number of carbonyl (C=O) groups excluding carboxylic acids is 2. The Balaban J connectivity index is 2.01. The molecular weight excluding hydrogens is 498 g/mol. The van der Waals surface area contributed by atoms with Gasteiger partial charge in [0.2, 0.25) is 21.8 Å². The molecule has 1 N–H and O–H groups in total. The van der Waals surface area contributed by atoms with E-state index >= 15 is 0 Å². The van der Waals surface area contributed by atoms with E-state index in [4.69, 9.17) is 11.6 Å². The number of nitrogens with zero attached hydrogens (tertiary/aromatic N) is 2. The summed E-state index contributed by atoms with van der Waals surface area (Å²) in [5.41, 5.74) is 2.88. The molecule has 0 aliphatic carbocycles. The van der Waals surface area contributed by atoms with Crippen molar-refractivity contribution in [2.45, 2.75) is 25.9 Å².